The van der Waals surface area contributed by atoms with E-state index in [1.165, 1.54) is 11.3 Å². The topological polar surface area (TPSA) is 80.6 Å². The first-order valence-electron chi connectivity index (χ1n) is 12.8. The Kier molecular flexibility index (Phi) is 7.86. The van der Waals surface area contributed by atoms with E-state index in [0.717, 1.165) is 27.2 Å². The van der Waals surface area contributed by atoms with Crippen LogP contribution in [0.1, 0.15) is 53.1 Å². The first-order chi connectivity index (χ1) is 18.8. The van der Waals surface area contributed by atoms with Crippen LogP contribution in [0.5, 0.6) is 5.75 Å². The van der Waals surface area contributed by atoms with Crippen molar-refractivity contribution in [3.05, 3.63) is 81.4 Å². The molecule has 10 heteroatoms. The molecule has 1 saturated heterocycles. The van der Waals surface area contributed by atoms with Crippen molar-refractivity contribution in [1.82, 2.24) is 24.6 Å². The number of ether oxygens (including phenoxy) is 1. The van der Waals surface area contributed by atoms with E-state index < -0.39 is 0 Å². The summed E-state index contributed by atoms with van der Waals surface area (Å²) < 4.78 is 7.97. The van der Waals surface area contributed by atoms with Crippen molar-refractivity contribution in [3.8, 4) is 22.1 Å². The van der Waals surface area contributed by atoms with Crippen LogP contribution in [0, 0.1) is 0 Å². The molecule has 5 rings (SSSR count). The number of benzene rings is 2. The van der Waals surface area contributed by atoms with Crippen molar-refractivity contribution in [1.29, 1.82) is 0 Å². The summed E-state index contributed by atoms with van der Waals surface area (Å²) in [5.41, 5.74) is 3.88. The highest BCUT2D eigenvalue weighted by molar-refractivity contribution is 9.10. The lowest BCUT2D eigenvalue weighted by molar-refractivity contribution is 0.0413. The van der Waals surface area contributed by atoms with Gasteiger partial charge in [0, 0.05) is 46.7 Å². The van der Waals surface area contributed by atoms with Crippen molar-refractivity contribution >= 4 is 39.1 Å². The molecule has 202 valence electrons. The number of thiazole rings is 1. The van der Waals surface area contributed by atoms with E-state index >= 15 is 0 Å². The first kappa shape index (κ1) is 27.1. The van der Waals surface area contributed by atoms with Gasteiger partial charge in [-0.2, -0.15) is 5.10 Å². The fraction of sp³-hybridized carbons (Fsp3) is 0.310. The molecule has 3 heterocycles. The van der Waals surface area contributed by atoms with Crippen LogP contribution in [0.3, 0.4) is 0 Å². The number of amides is 2. The Morgan fingerprint density at radius 3 is 2.41 bits per heavy atom. The van der Waals surface area contributed by atoms with Gasteiger partial charge in [-0.05, 0) is 61.4 Å². The van der Waals surface area contributed by atoms with Crippen LogP contribution in [0.25, 0.3) is 16.4 Å². The molecule has 0 spiro atoms. The molecule has 0 aliphatic carbocycles. The van der Waals surface area contributed by atoms with Gasteiger partial charge in [-0.3, -0.25) is 9.59 Å². The SMILES string of the molecule is COc1ccc(-c2csc(-n3ncc(C(=O)N4CCN(C(=O)c5ccc(Br)cc5)C(C)C4)c3C(C)C)n2)cc1. The lowest BCUT2D eigenvalue weighted by Gasteiger charge is -2.40. The van der Waals surface area contributed by atoms with Gasteiger partial charge in [-0.15, -0.1) is 11.3 Å². The highest BCUT2D eigenvalue weighted by Crippen LogP contribution is 2.30. The molecule has 8 nitrogen and oxygen atoms in total. The van der Waals surface area contributed by atoms with Crippen molar-refractivity contribution in [3.63, 3.8) is 0 Å². The van der Waals surface area contributed by atoms with Crippen molar-refractivity contribution < 1.29 is 14.3 Å². The zero-order chi connectivity index (χ0) is 27.7. The Labute approximate surface area is 240 Å². The van der Waals surface area contributed by atoms with E-state index in [0.29, 0.717) is 35.9 Å². The number of methoxy groups -OCH3 is 1. The Hall–Kier alpha value is -3.50. The van der Waals surface area contributed by atoms with Gasteiger partial charge in [0.2, 0.25) is 5.13 Å². The largest absolute Gasteiger partial charge is 0.497 e. The number of hydrogen-bond acceptors (Lipinski definition) is 6. The van der Waals surface area contributed by atoms with E-state index in [9.17, 15) is 9.59 Å². The number of carbonyl (C=O) groups is 2. The van der Waals surface area contributed by atoms with Crippen molar-refractivity contribution in [2.75, 3.05) is 26.7 Å². The number of piperazine rings is 1. The molecule has 1 aliphatic heterocycles. The summed E-state index contributed by atoms with van der Waals surface area (Å²) in [5.74, 6) is 0.755. The molecule has 0 N–H and O–H groups in total. The second kappa shape index (κ2) is 11.3. The average molecular weight is 609 g/mol. The third-order valence-corrected chi connectivity index (χ3v) is 8.25. The Bertz CT molecular complexity index is 1480. The maximum atomic E-state index is 13.7. The predicted molar refractivity (Wildman–Crippen MR) is 156 cm³/mol. The van der Waals surface area contributed by atoms with E-state index in [4.69, 9.17) is 9.72 Å². The minimum Gasteiger partial charge on any atom is -0.497 e. The molecule has 0 radical (unpaired) electrons. The van der Waals surface area contributed by atoms with Gasteiger partial charge in [0.15, 0.2) is 0 Å². The maximum absolute atomic E-state index is 13.7. The molecular weight excluding hydrogens is 578 g/mol. The Balaban J connectivity index is 1.34. The van der Waals surface area contributed by atoms with Gasteiger partial charge in [-0.1, -0.05) is 29.8 Å². The molecule has 2 aromatic carbocycles. The quantitative estimate of drug-likeness (QED) is 0.273. The minimum absolute atomic E-state index is 0.0192. The molecule has 39 heavy (non-hydrogen) atoms. The monoisotopic (exact) mass is 607 g/mol. The molecule has 1 unspecified atom stereocenters. The summed E-state index contributed by atoms with van der Waals surface area (Å²) in [5, 5.41) is 7.30. The van der Waals surface area contributed by atoms with Crippen LogP contribution >= 0.6 is 27.3 Å². The van der Waals surface area contributed by atoms with E-state index in [2.05, 4.69) is 34.9 Å². The van der Waals surface area contributed by atoms with Gasteiger partial charge >= 0.3 is 0 Å². The van der Waals surface area contributed by atoms with E-state index in [1.54, 1.807) is 18.0 Å². The molecule has 2 aromatic heterocycles. The van der Waals surface area contributed by atoms with Gasteiger partial charge in [0.05, 0.1) is 30.3 Å². The number of rotatable bonds is 6. The van der Waals surface area contributed by atoms with Gasteiger partial charge in [-0.25, -0.2) is 9.67 Å². The van der Waals surface area contributed by atoms with Crippen LogP contribution in [0.15, 0.2) is 64.6 Å². The molecule has 2 amide bonds. The molecular formula is C29H30BrN5O3S. The standard InChI is InChI=1S/C29H30BrN5O3S/c1-18(2)26-24(15-31-35(26)29-32-25(17-39-29)20-7-11-23(38-4)12-8-20)28(37)33-13-14-34(19(3)16-33)27(36)21-5-9-22(30)10-6-21/h5-12,15,17-19H,13-14,16H2,1-4H3. The summed E-state index contributed by atoms with van der Waals surface area (Å²) in [7, 11) is 1.64. The number of nitrogens with zero attached hydrogens (tertiary/aromatic N) is 5. The lowest BCUT2D eigenvalue weighted by Crippen LogP contribution is -2.55. The number of aromatic nitrogens is 3. The minimum atomic E-state index is -0.109. The van der Waals surface area contributed by atoms with Crippen LogP contribution in [0.2, 0.25) is 0 Å². The van der Waals surface area contributed by atoms with Gasteiger partial charge in [0.25, 0.3) is 11.8 Å². The Morgan fingerprint density at radius 2 is 1.77 bits per heavy atom. The average Bonchev–Trinajstić information content (AvgIpc) is 3.61. The van der Waals surface area contributed by atoms with Crippen LogP contribution in [-0.2, 0) is 0 Å². The third kappa shape index (κ3) is 5.49. The number of hydrogen-bond donors (Lipinski definition) is 0. The highest BCUT2D eigenvalue weighted by atomic mass is 79.9. The first-order valence-corrected chi connectivity index (χ1v) is 14.5. The number of halogens is 1. The van der Waals surface area contributed by atoms with E-state index in [1.807, 2.05) is 70.6 Å². The third-order valence-electron chi connectivity index (χ3n) is 6.91. The molecule has 1 fully saturated rings. The second-order valence-electron chi connectivity index (χ2n) is 9.86. The van der Waals surface area contributed by atoms with Crippen LogP contribution in [-0.4, -0.2) is 69.2 Å². The summed E-state index contributed by atoms with van der Waals surface area (Å²) in [4.78, 5) is 35.3. The molecule has 0 saturated carbocycles. The van der Waals surface area contributed by atoms with Gasteiger partial charge < -0.3 is 14.5 Å². The predicted octanol–water partition coefficient (Wildman–Crippen LogP) is 5.88. The molecule has 1 atom stereocenters. The van der Waals surface area contributed by atoms with Crippen LogP contribution < -0.4 is 4.74 Å². The summed E-state index contributed by atoms with van der Waals surface area (Å²) in [6, 6.07) is 15.0. The summed E-state index contributed by atoms with van der Waals surface area (Å²) in [6.07, 6.45) is 1.65. The maximum Gasteiger partial charge on any atom is 0.257 e. The van der Waals surface area contributed by atoms with Crippen LogP contribution in [0.4, 0.5) is 0 Å². The van der Waals surface area contributed by atoms with Gasteiger partial charge in [0.1, 0.15) is 5.75 Å². The second-order valence-corrected chi connectivity index (χ2v) is 11.6. The zero-order valence-electron chi connectivity index (χ0n) is 22.3. The summed E-state index contributed by atoms with van der Waals surface area (Å²) in [6.45, 7) is 7.50. The molecule has 0 bridgehead atoms. The van der Waals surface area contributed by atoms with Crippen molar-refractivity contribution in [2.45, 2.75) is 32.7 Å². The molecule has 4 aromatic rings. The highest BCUT2D eigenvalue weighted by Gasteiger charge is 2.33. The molecule has 1 aliphatic rings. The smallest absolute Gasteiger partial charge is 0.257 e. The number of carbonyl (C=O) groups excluding carboxylic acids is 2. The Morgan fingerprint density at radius 1 is 1.05 bits per heavy atom. The normalized spacial score (nSPS) is 15.6. The summed E-state index contributed by atoms with van der Waals surface area (Å²) >= 11 is 4.90. The zero-order valence-corrected chi connectivity index (χ0v) is 24.7. The fourth-order valence-electron chi connectivity index (χ4n) is 4.86. The fourth-order valence-corrected chi connectivity index (χ4v) is 5.93. The lowest BCUT2D eigenvalue weighted by atomic mass is 10.0. The van der Waals surface area contributed by atoms with E-state index in [-0.39, 0.29) is 23.8 Å². The van der Waals surface area contributed by atoms with Crippen molar-refractivity contribution in [2.24, 2.45) is 0 Å².